The fourth-order valence-electron chi connectivity index (χ4n) is 1.58. The second-order valence-corrected chi connectivity index (χ2v) is 7.53. The van der Waals surface area contributed by atoms with E-state index in [0.29, 0.717) is 13.1 Å². The van der Waals surface area contributed by atoms with Gasteiger partial charge in [-0.15, -0.1) is 11.3 Å². The van der Waals surface area contributed by atoms with Gasteiger partial charge in [-0.1, -0.05) is 0 Å². The average Bonchev–Trinajstić information content (AvgIpc) is 2.56. The van der Waals surface area contributed by atoms with Crippen molar-refractivity contribution in [2.24, 2.45) is 5.73 Å². The Kier molecular flexibility index (Phi) is 5.82. The number of halogens is 1. The Balaban J connectivity index is 2.59. The predicted octanol–water partition coefficient (Wildman–Crippen LogP) is 3.39. The van der Waals surface area contributed by atoms with E-state index in [4.69, 9.17) is 10.5 Å². The van der Waals surface area contributed by atoms with Crippen molar-refractivity contribution in [1.82, 2.24) is 5.32 Å². The Morgan fingerprint density at radius 3 is 2.63 bits per heavy atom. The van der Waals surface area contributed by atoms with Crippen LogP contribution >= 0.6 is 27.3 Å². The first kappa shape index (κ1) is 16.5. The van der Waals surface area contributed by atoms with Crippen molar-refractivity contribution < 1.29 is 9.53 Å². The molecule has 0 aromatic carbocycles. The molecule has 0 spiro atoms. The summed E-state index contributed by atoms with van der Waals surface area (Å²) in [6, 6.07) is 2.07. The van der Waals surface area contributed by atoms with E-state index < -0.39 is 11.7 Å². The molecule has 0 aliphatic carbocycles. The van der Waals surface area contributed by atoms with Crippen molar-refractivity contribution in [3.05, 3.63) is 20.3 Å². The molecule has 0 bridgehead atoms. The maximum absolute atomic E-state index is 11.6. The molecule has 1 aromatic rings. The summed E-state index contributed by atoms with van der Waals surface area (Å²) in [7, 11) is 0. The lowest BCUT2D eigenvalue weighted by Crippen LogP contribution is -2.36. The van der Waals surface area contributed by atoms with Crippen LogP contribution < -0.4 is 11.1 Å². The number of aryl methyl sites for hydroxylation is 1. The zero-order valence-electron chi connectivity index (χ0n) is 11.7. The van der Waals surface area contributed by atoms with E-state index >= 15 is 0 Å². The second-order valence-electron chi connectivity index (χ2n) is 5.38. The lowest BCUT2D eigenvalue weighted by atomic mass is 10.1. The molecule has 0 fully saturated rings. The van der Waals surface area contributed by atoms with Crippen LogP contribution in [0.3, 0.4) is 0 Å². The SMILES string of the molecule is Cc1cc(Br)c(C(CN)CNC(=O)OC(C)(C)C)s1. The number of carbonyl (C=O) groups excluding carboxylic acids is 1. The van der Waals surface area contributed by atoms with Crippen LogP contribution in [0.4, 0.5) is 4.79 Å². The van der Waals surface area contributed by atoms with Crippen LogP contribution in [0.15, 0.2) is 10.5 Å². The standard InChI is InChI=1S/C13H21BrN2O2S/c1-8-5-10(14)11(19-8)9(6-15)7-16-12(17)18-13(2,3)4/h5,9H,6-7,15H2,1-4H3,(H,16,17). The molecule has 108 valence electrons. The highest BCUT2D eigenvalue weighted by Gasteiger charge is 2.20. The highest BCUT2D eigenvalue weighted by molar-refractivity contribution is 9.10. The van der Waals surface area contributed by atoms with Crippen LogP contribution in [-0.2, 0) is 4.74 Å². The topological polar surface area (TPSA) is 64.3 Å². The maximum Gasteiger partial charge on any atom is 0.407 e. The largest absolute Gasteiger partial charge is 0.444 e. The highest BCUT2D eigenvalue weighted by atomic mass is 79.9. The summed E-state index contributed by atoms with van der Waals surface area (Å²) in [5.41, 5.74) is 5.31. The summed E-state index contributed by atoms with van der Waals surface area (Å²) in [5, 5.41) is 2.77. The predicted molar refractivity (Wildman–Crippen MR) is 82.8 cm³/mol. The second kappa shape index (κ2) is 6.72. The number of hydrogen-bond donors (Lipinski definition) is 2. The number of alkyl carbamates (subject to hydrolysis) is 1. The minimum absolute atomic E-state index is 0.0978. The molecule has 1 aromatic heterocycles. The smallest absolute Gasteiger partial charge is 0.407 e. The van der Waals surface area contributed by atoms with E-state index in [1.54, 1.807) is 11.3 Å². The van der Waals surface area contributed by atoms with Crippen molar-refractivity contribution in [1.29, 1.82) is 0 Å². The Bertz CT molecular complexity index is 440. The molecule has 19 heavy (non-hydrogen) atoms. The lowest BCUT2D eigenvalue weighted by Gasteiger charge is -2.21. The molecule has 3 N–H and O–H groups in total. The van der Waals surface area contributed by atoms with Gasteiger partial charge in [-0.25, -0.2) is 4.79 Å². The number of amides is 1. The van der Waals surface area contributed by atoms with Gasteiger partial charge in [-0.3, -0.25) is 0 Å². The van der Waals surface area contributed by atoms with Crippen molar-refractivity contribution >= 4 is 33.4 Å². The minimum Gasteiger partial charge on any atom is -0.444 e. The first-order chi connectivity index (χ1) is 8.73. The van der Waals surface area contributed by atoms with E-state index in [2.05, 4.69) is 27.3 Å². The molecule has 1 atom stereocenters. The number of nitrogens with one attached hydrogen (secondary N) is 1. The quantitative estimate of drug-likeness (QED) is 0.876. The molecule has 1 unspecified atom stereocenters. The van der Waals surface area contributed by atoms with Gasteiger partial charge in [0.05, 0.1) is 0 Å². The van der Waals surface area contributed by atoms with Gasteiger partial charge in [0.1, 0.15) is 5.60 Å². The molecule has 1 amide bonds. The Morgan fingerprint density at radius 2 is 2.21 bits per heavy atom. The molecule has 4 nitrogen and oxygen atoms in total. The molecule has 1 rings (SSSR count). The normalized spacial score (nSPS) is 13.2. The van der Waals surface area contributed by atoms with E-state index in [1.807, 2.05) is 27.7 Å². The van der Waals surface area contributed by atoms with E-state index in [0.717, 1.165) is 9.35 Å². The van der Waals surface area contributed by atoms with Gasteiger partial charge in [0, 0.05) is 33.2 Å². The minimum atomic E-state index is -0.484. The van der Waals surface area contributed by atoms with Crippen LogP contribution in [0.1, 0.15) is 36.4 Å². The third kappa shape index (κ3) is 5.50. The summed E-state index contributed by atoms with van der Waals surface area (Å²) in [6.45, 7) is 8.52. The van der Waals surface area contributed by atoms with Gasteiger partial charge in [0.15, 0.2) is 0 Å². The molecule has 6 heteroatoms. The summed E-state index contributed by atoms with van der Waals surface area (Å²) < 4.78 is 6.26. The molecule has 1 heterocycles. The number of thiophene rings is 1. The molecule has 0 saturated carbocycles. The van der Waals surface area contributed by atoms with Crippen LogP contribution in [0, 0.1) is 6.92 Å². The van der Waals surface area contributed by atoms with Gasteiger partial charge in [0.2, 0.25) is 0 Å². The summed E-state index contributed by atoms with van der Waals surface area (Å²) in [5.74, 6) is 0.0978. The van der Waals surface area contributed by atoms with E-state index in [1.165, 1.54) is 4.88 Å². The van der Waals surface area contributed by atoms with E-state index in [9.17, 15) is 4.79 Å². The van der Waals surface area contributed by atoms with Gasteiger partial charge in [0.25, 0.3) is 0 Å². The Hall–Kier alpha value is -0.590. The Morgan fingerprint density at radius 1 is 1.58 bits per heavy atom. The number of ether oxygens (including phenoxy) is 1. The van der Waals surface area contributed by atoms with Gasteiger partial charge in [-0.2, -0.15) is 0 Å². The van der Waals surface area contributed by atoms with E-state index in [-0.39, 0.29) is 5.92 Å². The fourth-order valence-corrected chi connectivity index (χ4v) is 3.67. The maximum atomic E-state index is 11.6. The first-order valence-corrected chi connectivity index (χ1v) is 7.76. The average molecular weight is 349 g/mol. The number of carbonyl (C=O) groups is 1. The zero-order chi connectivity index (χ0) is 14.6. The summed E-state index contributed by atoms with van der Waals surface area (Å²) in [4.78, 5) is 14.0. The molecule has 0 saturated heterocycles. The molecule has 0 radical (unpaired) electrons. The van der Waals surface area contributed by atoms with Crippen molar-refractivity contribution in [3.8, 4) is 0 Å². The first-order valence-electron chi connectivity index (χ1n) is 6.15. The fraction of sp³-hybridized carbons (Fsp3) is 0.615. The van der Waals surface area contributed by atoms with Gasteiger partial charge in [-0.05, 0) is 49.7 Å². The van der Waals surface area contributed by atoms with Gasteiger partial charge >= 0.3 is 6.09 Å². The van der Waals surface area contributed by atoms with Crippen LogP contribution in [0.5, 0.6) is 0 Å². The highest BCUT2D eigenvalue weighted by Crippen LogP contribution is 2.32. The molecule has 0 aliphatic rings. The lowest BCUT2D eigenvalue weighted by molar-refractivity contribution is 0.0525. The van der Waals surface area contributed by atoms with Gasteiger partial charge < -0.3 is 15.8 Å². The van der Waals surface area contributed by atoms with Crippen molar-refractivity contribution in [2.45, 2.75) is 39.2 Å². The molecule has 0 aliphatic heterocycles. The van der Waals surface area contributed by atoms with Crippen LogP contribution in [-0.4, -0.2) is 24.8 Å². The summed E-state index contributed by atoms with van der Waals surface area (Å²) in [6.07, 6.45) is -0.407. The monoisotopic (exact) mass is 348 g/mol. The summed E-state index contributed by atoms with van der Waals surface area (Å²) >= 11 is 5.22. The van der Waals surface area contributed by atoms with Crippen molar-refractivity contribution in [3.63, 3.8) is 0 Å². The third-order valence-electron chi connectivity index (χ3n) is 2.38. The third-order valence-corrected chi connectivity index (χ3v) is 4.51. The number of nitrogens with two attached hydrogens (primary N) is 1. The van der Waals surface area contributed by atoms with Crippen molar-refractivity contribution in [2.75, 3.05) is 13.1 Å². The molecular weight excluding hydrogens is 328 g/mol. The Labute approximate surface area is 126 Å². The molecular formula is C13H21BrN2O2S. The zero-order valence-corrected chi connectivity index (χ0v) is 14.2. The number of rotatable bonds is 4. The van der Waals surface area contributed by atoms with Crippen LogP contribution in [0.2, 0.25) is 0 Å². The number of hydrogen-bond acceptors (Lipinski definition) is 4. The van der Waals surface area contributed by atoms with Crippen LogP contribution in [0.25, 0.3) is 0 Å².